The van der Waals surface area contributed by atoms with Gasteiger partial charge in [0.2, 0.25) is 0 Å². The number of nitrogens with one attached hydrogen (secondary N) is 1. The van der Waals surface area contributed by atoms with Crippen LogP contribution in [0.4, 0.5) is 0 Å². The molecule has 4 nitrogen and oxygen atoms in total. The fourth-order valence-corrected chi connectivity index (χ4v) is 3.46. The van der Waals surface area contributed by atoms with E-state index in [1.807, 2.05) is 0 Å². The highest BCUT2D eigenvalue weighted by Gasteiger charge is 2.35. The predicted molar refractivity (Wildman–Crippen MR) is 78.6 cm³/mol. The molecule has 1 aliphatic carbocycles. The zero-order valence-corrected chi connectivity index (χ0v) is 12.6. The van der Waals surface area contributed by atoms with Crippen molar-refractivity contribution in [1.29, 1.82) is 0 Å². The first kappa shape index (κ1) is 14.5. The number of nitrogens with two attached hydrogens (primary N) is 1. The number of aromatic nitrogens is 2. The maximum Gasteiger partial charge on any atom is 0.0596 e. The van der Waals surface area contributed by atoms with Crippen LogP contribution in [0, 0.1) is 12.3 Å². The average Bonchev–Trinajstić information content (AvgIpc) is 2.76. The average molecular weight is 264 g/mol. The van der Waals surface area contributed by atoms with Crippen molar-refractivity contribution in [3.05, 3.63) is 17.5 Å². The van der Waals surface area contributed by atoms with Crippen LogP contribution < -0.4 is 11.3 Å². The van der Waals surface area contributed by atoms with Crippen LogP contribution in [0.1, 0.15) is 57.3 Å². The molecular weight excluding hydrogens is 236 g/mol. The molecule has 1 saturated carbocycles. The maximum atomic E-state index is 5.86. The summed E-state index contributed by atoms with van der Waals surface area (Å²) in [4.78, 5) is 0. The second kappa shape index (κ2) is 6.06. The molecule has 2 rings (SSSR count). The summed E-state index contributed by atoms with van der Waals surface area (Å²) in [6.07, 6.45) is 7.57. The fraction of sp³-hybridized carbons (Fsp3) is 0.800. The third kappa shape index (κ3) is 3.18. The lowest BCUT2D eigenvalue weighted by Gasteiger charge is -2.40. The molecule has 1 heterocycles. The van der Waals surface area contributed by atoms with Crippen molar-refractivity contribution in [2.45, 2.75) is 71.9 Å². The van der Waals surface area contributed by atoms with Crippen LogP contribution in [-0.2, 0) is 13.0 Å². The van der Waals surface area contributed by atoms with Crippen molar-refractivity contribution in [2.24, 2.45) is 11.3 Å². The summed E-state index contributed by atoms with van der Waals surface area (Å²) >= 11 is 0. The summed E-state index contributed by atoms with van der Waals surface area (Å²) in [5.41, 5.74) is 5.80. The first-order valence-corrected chi connectivity index (χ1v) is 7.58. The van der Waals surface area contributed by atoms with Crippen LogP contribution in [0.5, 0.6) is 0 Å². The summed E-state index contributed by atoms with van der Waals surface area (Å²) in [6.45, 7) is 7.51. The minimum atomic E-state index is 0.323. The van der Waals surface area contributed by atoms with Crippen LogP contribution in [0.15, 0.2) is 6.07 Å². The Hall–Kier alpha value is -0.870. The van der Waals surface area contributed by atoms with Gasteiger partial charge >= 0.3 is 0 Å². The van der Waals surface area contributed by atoms with Crippen LogP contribution in [0.3, 0.4) is 0 Å². The van der Waals surface area contributed by atoms with E-state index in [0.29, 0.717) is 11.5 Å². The van der Waals surface area contributed by atoms with E-state index in [0.717, 1.165) is 18.7 Å². The summed E-state index contributed by atoms with van der Waals surface area (Å²) < 4.78 is 2.10. The molecule has 1 fully saturated rings. The van der Waals surface area contributed by atoms with Gasteiger partial charge in [0.25, 0.3) is 0 Å². The van der Waals surface area contributed by atoms with E-state index >= 15 is 0 Å². The van der Waals surface area contributed by atoms with Gasteiger partial charge in [-0.25, -0.2) is 0 Å². The van der Waals surface area contributed by atoms with Gasteiger partial charge in [-0.1, -0.05) is 26.2 Å². The van der Waals surface area contributed by atoms with Gasteiger partial charge in [-0.2, -0.15) is 5.10 Å². The number of hydrogen-bond acceptors (Lipinski definition) is 3. The van der Waals surface area contributed by atoms with Gasteiger partial charge in [0.1, 0.15) is 0 Å². The van der Waals surface area contributed by atoms with Gasteiger partial charge in [-0.3, -0.25) is 16.0 Å². The molecule has 0 saturated heterocycles. The van der Waals surface area contributed by atoms with E-state index in [4.69, 9.17) is 5.84 Å². The van der Waals surface area contributed by atoms with E-state index < -0.39 is 0 Å². The molecule has 1 aliphatic rings. The van der Waals surface area contributed by atoms with Crippen molar-refractivity contribution in [3.8, 4) is 0 Å². The molecule has 0 aromatic carbocycles. The first-order chi connectivity index (χ1) is 9.09. The topological polar surface area (TPSA) is 55.9 Å². The number of nitrogens with zero attached hydrogens (tertiary/aromatic N) is 2. The number of hydrogen-bond donors (Lipinski definition) is 2. The Kier molecular flexibility index (Phi) is 4.63. The van der Waals surface area contributed by atoms with E-state index in [9.17, 15) is 0 Å². The Balaban J connectivity index is 2.13. The molecule has 0 amide bonds. The van der Waals surface area contributed by atoms with Crippen molar-refractivity contribution in [2.75, 3.05) is 0 Å². The van der Waals surface area contributed by atoms with E-state index in [1.54, 1.807) is 0 Å². The highest BCUT2D eigenvalue weighted by atomic mass is 15.3. The molecule has 0 radical (unpaired) electrons. The summed E-state index contributed by atoms with van der Waals surface area (Å²) in [5, 5.41) is 4.53. The summed E-state index contributed by atoms with van der Waals surface area (Å²) in [6, 6.07) is 2.54. The van der Waals surface area contributed by atoms with Gasteiger partial charge < -0.3 is 0 Å². The number of hydrazine groups is 1. The van der Waals surface area contributed by atoms with Crippen molar-refractivity contribution in [3.63, 3.8) is 0 Å². The number of aryl methyl sites for hydroxylation is 2. The summed E-state index contributed by atoms with van der Waals surface area (Å²) in [7, 11) is 0. The lowest BCUT2D eigenvalue weighted by Crippen LogP contribution is -2.49. The zero-order valence-electron chi connectivity index (χ0n) is 12.6. The minimum absolute atomic E-state index is 0.323. The highest BCUT2D eigenvalue weighted by molar-refractivity contribution is 5.12. The Morgan fingerprint density at radius 3 is 2.68 bits per heavy atom. The van der Waals surface area contributed by atoms with Crippen LogP contribution in [-0.4, -0.2) is 15.8 Å². The molecule has 0 bridgehead atoms. The molecule has 0 spiro atoms. The first-order valence-electron chi connectivity index (χ1n) is 7.58. The second-order valence-electron chi connectivity index (χ2n) is 6.23. The SMILES string of the molecule is CCn1nc(C)cc1CC(NN)C1(C)CCCCC1. The Bertz CT molecular complexity index is 404. The van der Waals surface area contributed by atoms with Gasteiger partial charge in [0.15, 0.2) is 0 Å². The molecule has 1 aromatic rings. The van der Waals surface area contributed by atoms with Crippen LogP contribution in [0.2, 0.25) is 0 Å². The molecule has 3 N–H and O–H groups in total. The lowest BCUT2D eigenvalue weighted by molar-refractivity contribution is 0.142. The standard InChI is InChI=1S/C15H28N4/c1-4-19-13(10-12(2)18-19)11-14(17-16)15(3)8-6-5-7-9-15/h10,14,17H,4-9,11,16H2,1-3H3. The quantitative estimate of drug-likeness (QED) is 0.635. The third-order valence-electron chi connectivity index (χ3n) is 4.74. The fourth-order valence-electron chi connectivity index (χ4n) is 3.46. The predicted octanol–water partition coefficient (Wildman–Crippen LogP) is 2.56. The van der Waals surface area contributed by atoms with Gasteiger partial charge in [-0.05, 0) is 38.2 Å². The zero-order chi connectivity index (χ0) is 13.9. The highest BCUT2D eigenvalue weighted by Crippen LogP contribution is 2.39. The van der Waals surface area contributed by atoms with Gasteiger partial charge in [0.05, 0.1) is 5.69 Å². The molecule has 4 heteroatoms. The van der Waals surface area contributed by atoms with E-state index in [-0.39, 0.29) is 0 Å². The van der Waals surface area contributed by atoms with Gasteiger partial charge in [-0.15, -0.1) is 0 Å². The van der Waals surface area contributed by atoms with E-state index in [2.05, 4.69) is 42.0 Å². The lowest BCUT2D eigenvalue weighted by atomic mass is 9.69. The Morgan fingerprint density at radius 2 is 2.11 bits per heavy atom. The minimum Gasteiger partial charge on any atom is -0.271 e. The maximum absolute atomic E-state index is 5.86. The number of rotatable bonds is 5. The Morgan fingerprint density at radius 1 is 1.42 bits per heavy atom. The molecule has 108 valence electrons. The normalized spacial score (nSPS) is 20.4. The smallest absolute Gasteiger partial charge is 0.0596 e. The Labute approximate surface area is 116 Å². The van der Waals surface area contributed by atoms with Crippen molar-refractivity contribution >= 4 is 0 Å². The second-order valence-corrected chi connectivity index (χ2v) is 6.23. The summed E-state index contributed by atoms with van der Waals surface area (Å²) in [5.74, 6) is 5.86. The molecular formula is C15H28N4. The molecule has 1 atom stereocenters. The van der Waals surface area contributed by atoms with Gasteiger partial charge in [0, 0.05) is 24.7 Å². The largest absolute Gasteiger partial charge is 0.271 e. The third-order valence-corrected chi connectivity index (χ3v) is 4.74. The molecule has 19 heavy (non-hydrogen) atoms. The monoisotopic (exact) mass is 264 g/mol. The molecule has 0 aliphatic heterocycles. The van der Waals surface area contributed by atoms with Crippen molar-refractivity contribution in [1.82, 2.24) is 15.2 Å². The van der Waals surface area contributed by atoms with Crippen LogP contribution in [0.25, 0.3) is 0 Å². The van der Waals surface area contributed by atoms with Crippen molar-refractivity contribution < 1.29 is 0 Å². The molecule has 1 aromatic heterocycles. The van der Waals surface area contributed by atoms with E-state index in [1.165, 1.54) is 37.8 Å². The molecule has 1 unspecified atom stereocenters. The van der Waals surface area contributed by atoms with Crippen LogP contribution >= 0.6 is 0 Å².